The normalized spacial score (nSPS) is 12.6. The van der Waals surface area contributed by atoms with E-state index in [1.807, 2.05) is 0 Å². The van der Waals surface area contributed by atoms with E-state index >= 15 is 0 Å². The Morgan fingerprint density at radius 2 is 1.28 bits per heavy atom. The Kier molecular flexibility index (Phi) is 8.68. The molecule has 7 rings (SSSR count). The van der Waals surface area contributed by atoms with Gasteiger partial charge in [-0.1, -0.05) is 18.2 Å². The SMILES string of the molecule is COc1c2c(c(OC(C)=O)c3c1C(=O)c1c(cc(OC(C)=O)c(C)c1OC(C)=O)C3=O)-c1c(cc3cnn(-c4ccccc4)c(=O)c3c1OC(C)=O)CC2. The molecule has 1 aromatic heterocycles. The lowest BCUT2D eigenvalue weighted by atomic mass is 9.75. The van der Waals surface area contributed by atoms with E-state index in [1.165, 1.54) is 26.3 Å². The minimum atomic E-state index is -0.865. The molecule has 0 amide bonds. The Bertz CT molecular complexity index is 2620. The predicted octanol–water partition coefficient (Wildman–Crippen LogP) is 4.94. The van der Waals surface area contributed by atoms with Gasteiger partial charge in [0.25, 0.3) is 5.56 Å². The lowest BCUT2D eigenvalue weighted by molar-refractivity contribution is -0.133. The van der Waals surface area contributed by atoms with Gasteiger partial charge in [-0.2, -0.15) is 9.78 Å². The number of ketones is 2. The number of carbonyl (C=O) groups excluding carboxylic acids is 6. The smallest absolute Gasteiger partial charge is 0.308 e. The fourth-order valence-corrected chi connectivity index (χ4v) is 7.15. The number of benzene rings is 4. The highest BCUT2D eigenvalue weighted by Gasteiger charge is 2.44. The van der Waals surface area contributed by atoms with Crippen LogP contribution in [0.3, 0.4) is 0 Å². The Labute approximate surface area is 306 Å². The van der Waals surface area contributed by atoms with Crippen molar-refractivity contribution in [2.45, 2.75) is 47.5 Å². The molecule has 0 saturated carbocycles. The van der Waals surface area contributed by atoms with Crippen molar-refractivity contribution in [3.63, 3.8) is 0 Å². The van der Waals surface area contributed by atoms with Crippen LogP contribution in [0.4, 0.5) is 0 Å². The molecule has 2 aliphatic carbocycles. The first kappa shape index (κ1) is 35.4. The fraction of sp³-hybridized carbons (Fsp3) is 0.200. The van der Waals surface area contributed by atoms with Gasteiger partial charge in [0.05, 0.1) is 41.1 Å². The summed E-state index contributed by atoms with van der Waals surface area (Å²) in [4.78, 5) is 93.8. The van der Waals surface area contributed by atoms with Crippen molar-refractivity contribution < 1.29 is 52.5 Å². The van der Waals surface area contributed by atoms with Gasteiger partial charge in [-0.15, -0.1) is 0 Å². The highest BCUT2D eigenvalue weighted by molar-refractivity contribution is 6.32. The maximum atomic E-state index is 14.8. The number of hydrogen-bond donors (Lipinski definition) is 0. The number of carbonyl (C=O) groups is 6. The molecule has 0 N–H and O–H groups in total. The monoisotopic (exact) mass is 730 g/mol. The molecule has 0 spiro atoms. The maximum absolute atomic E-state index is 14.8. The number of para-hydroxylation sites is 1. The lowest BCUT2D eigenvalue weighted by Crippen LogP contribution is -2.27. The van der Waals surface area contributed by atoms with Crippen LogP contribution in [0.1, 0.15) is 76.2 Å². The zero-order chi connectivity index (χ0) is 38.7. The van der Waals surface area contributed by atoms with E-state index in [2.05, 4.69) is 5.10 Å². The van der Waals surface area contributed by atoms with E-state index in [4.69, 9.17) is 23.7 Å². The Morgan fingerprint density at radius 1 is 0.667 bits per heavy atom. The predicted molar refractivity (Wildman–Crippen MR) is 190 cm³/mol. The molecule has 0 aliphatic heterocycles. The van der Waals surface area contributed by atoms with E-state index in [0.29, 0.717) is 22.2 Å². The summed E-state index contributed by atoms with van der Waals surface area (Å²) in [5.74, 6) is -5.90. The van der Waals surface area contributed by atoms with Crippen LogP contribution < -0.4 is 29.2 Å². The molecule has 5 aromatic rings. The number of nitrogens with zero attached hydrogens (tertiary/aromatic N) is 2. The van der Waals surface area contributed by atoms with E-state index in [9.17, 15) is 33.6 Å². The molecule has 0 atom stereocenters. The number of ether oxygens (including phenoxy) is 5. The van der Waals surface area contributed by atoms with Gasteiger partial charge in [-0.3, -0.25) is 33.6 Å². The van der Waals surface area contributed by atoms with Crippen LogP contribution in [0.5, 0.6) is 28.7 Å². The molecule has 0 unspecified atom stereocenters. The highest BCUT2D eigenvalue weighted by atomic mass is 16.6. The largest absolute Gasteiger partial charge is 0.496 e. The summed E-state index contributed by atoms with van der Waals surface area (Å²) in [6.45, 7) is 5.96. The topological polar surface area (TPSA) is 183 Å². The van der Waals surface area contributed by atoms with Gasteiger partial charge in [0.2, 0.25) is 5.78 Å². The van der Waals surface area contributed by atoms with E-state index in [0.717, 1.165) is 32.4 Å². The van der Waals surface area contributed by atoms with Crippen LogP contribution in [-0.2, 0) is 32.0 Å². The van der Waals surface area contributed by atoms with Crippen molar-refractivity contribution in [1.29, 1.82) is 0 Å². The fourth-order valence-electron chi connectivity index (χ4n) is 7.15. The Balaban J connectivity index is 1.62. The molecule has 1 heterocycles. The summed E-state index contributed by atoms with van der Waals surface area (Å²) in [5.41, 5.74) is -0.236. The van der Waals surface area contributed by atoms with Gasteiger partial charge < -0.3 is 23.7 Å². The molecular formula is C40H30N2O12. The van der Waals surface area contributed by atoms with Crippen LogP contribution >= 0.6 is 0 Å². The van der Waals surface area contributed by atoms with E-state index < -0.39 is 41.0 Å². The summed E-state index contributed by atoms with van der Waals surface area (Å²) in [5, 5.41) is 4.69. The number of fused-ring (bicyclic) bond motifs is 6. The molecule has 54 heavy (non-hydrogen) atoms. The average Bonchev–Trinajstić information content (AvgIpc) is 3.11. The van der Waals surface area contributed by atoms with Crippen molar-refractivity contribution in [3.05, 3.63) is 98.0 Å². The highest BCUT2D eigenvalue weighted by Crippen LogP contribution is 2.55. The summed E-state index contributed by atoms with van der Waals surface area (Å²) < 4.78 is 29.5. The molecule has 0 saturated heterocycles. The summed E-state index contributed by atoms with van der Waals surface area (Å²) in [6.07, 6.45) is 1.92. The first-order valence-electron chi connectivity index (χ1n) is 16.6. The summed E-state index contributed by atoms with van der Waals surface area (Å²) in [7, 11) is 1.30. The number of methoxy groups -OCH3 is 1. The molecule has 0 bridgehead atoms. The maximum Gasteiger partial charge on any atom is 0.308 e. The van der Waals surface area contributed by atoms with Crippen molar-refractivity contribution in [2.24, 2.45) is 0 Å². The number of hydrogen-bond acceptors (Lipinski definition) is 13. The molecule has 14 nitrogen and oxygen atoms in total. The second-order valence-corrected chi connectivity index (χ2v) is 12.7. The van der Waals surface area contributed by atoms with Gasteiger partial charge >= 0.3 is 23.9 Å². The van der Waals surface area contributed by atoms with Gasteiger partial charge in [-0.25, -0.2) is 0 Å². The minimum absolute atomic E-state index is 0.0265. The van der Waals surface area contributed by atoms with Crippen molar-refractivity contribution in [1.82, 2.24) is 9.78 Å². The lowest BCUT2D eigenvalue weighted by Gasteiger charge is -2.31. The third-order valence-corrected chi connectivity index (χ3v) is 9.12. The third-order valence-electron chi connectivity index (χ3n) is 9.12. The van der Waals surface area contributed by atoms with Crippen LogP contribution in [0.25, 0.3) is 27.6 Å². The van der Waals surface area contributed by atoms with Gasteiger partial charge in [0, 0.05) is 60.9 Å². The Hall–Kier alpha value is -6.96. The number of rotatable bonds is 6. The van der Waals surface area contributed by atoms with E-state index in [1.54, 1.807) is 36.4 Å². The molecule has 4 aromatic carbocycles. The summed E-state index contributed by atoms with van der Waals surface area (Å²) >= 11 is 0. The third kappa shape index (κ3) is 5.59. The van der Waals surface area contributed by atoms with Crippen molar-refractivity contribution >= 4 is 46.2 Å². The Morgan fingerprint density at radius 3 is 1.91 bits per heavy atom. The molecule has 0 fully saturated rings. The second kappa shape index (κ2) is 13.2. The second-order valence-electron chi connectivity index (χ2n) is 12.7. The molecule has 14 heteroatoms. The first-order chi connectivity index (χ1) is 25.7. The van der Waals surface area contributed by atoms with Crippen LogP contribution in [0.15, 0.2) is 53.5 Å². The van der Waals surface area contributed by atoms with E-state index in [-0.39, 0.29) is 85.9 Å². The van der Waals surface area contributed by atoms with Crippen LogP contribution in [-0.4, -0.2) is 52.3 Å². The summed E-state index contributed by atoms with van der Waals surface area (Å²) in [6, 6.07) is 11.5. The van der Waals surface area contributed by atoms with Crippen LogP contribution in [0, 0.1) is 6.92 Å². The number of aromatic nitrogens is 2. The quantitative estimate of drug-likeness (QED) is 0.166. The zero-order valence-corrected chi connectivity index (χ0v) is 29.8. The first-order valence-corrected chi connectivity index (χ1v) is 16.6. The number of esters is 4. The average molecular weight is 731 g/mol. The molecular weight excluding hydrogens is 700 g/mol. The van der Waals surface area contributed by atoms with Crippen molar-refractivity contribution in [3.8, 4) is 45.6 Å². The minimum Gasteiger partial charge on any atom is -0.496 e. The number of aryl methyl sites for hydroxylation is 1. The molecule has 2 aliphatic rings. The van der Waals surface area contributed by atoms with Gasteiger partial charge in [0.15, 0.2) is 17.3 Å². The van der Waals surface area contributed by atoms with Crippen LogP contribution in [0.2, 0.25) is 0 Å². The standard InChI is InChI=1S/C40H30N2O12/c1-17-27(51-18(2)43)15-26-31(36(17)52-19(3)44)35(48)33-32(34(26)47)39(54-21(5)46)30-25(37(33)50-6)13-12-22-14-23-16-41-42(24-10-8-7-9-11-24)40(49)29(23)38(28(22)30)53-20(4)45/h7-11,14-16H,12-13H2,1-6H3. The zero-order valence-electron chi connectivity index (χ0n) is 29.8. The molecule has 272 valence electrons. The van der Waals surface area contributed by atoms with Gasteiger partial charge in [0.1, 0.15) is 17.2 Å². The molecule has 0 radical (unpaired) electrons. The van der Waals surface area contributed by atoms with Gasteiger partial charge in [-0.05, 0) is 49.6 Å². The van der Waals surface area contributed by atoms with Crippen molar-refractivity contribution in [2.75, 3.05) is 7.11 Å².